The Morgan fingerprint density at radius 1 is 1.27 bits per heavy atom. The van der Waals surface area contributed by atoms with Crippen LogP contribution in [0.25, 0.3) is 0 Å². The van der Waals surface area contributed by atoms with E-state index in [4.69, 9.17) is 0 Å². The van der Waals surface area contributed by atoms with Crippen molar-refractivity contribution in [1.82, 2.24) is 0 Å². The number of aromatic hydroxyl groups is 1. The highest BCUT2D eigenvalue weighted by atomic mass is 16.3. The summed E-state index contributed by atoms with van der Waals surface area (Å²) in [7, 11) is 0. The number of aliphatic hydroxyl groups excluding tert-OH is 1. The van der Waals surface area contributed by atoms with Gasteiger partial charge in [0.2, 0.25) is 0 Å². The molecule has 0 saturated heterocycles. The molecule has 0 heterocycles. The zero-order valence-electron chi connectivity index (χ0n) is 12.9. The smallest absolute Gasteiger partial charge is 0.115 e. The lowest BCUT2D eigenvalue weighted by molar-refractivity contribution is -0.0223. The molecule has 116 valence electrons. The van der Waals surface area contributed by atoms with Crippen molar-refractivity contribution in [1.29, 1.82) is 0 Å². The minimum atomic E-state index is -0.322. The number of fused-ring (bicyclic) bond motifs is 5. The lowest BCUT2D eigenvalue weighted by Gasteiger charge is -2.51. The second kappa shape index (κ2) is 4.99. The minimum absolute atomic E-state index is 0.0165. The number of rotatable bonds is 2. The third kappa shape index (κ3) is 1.83. The third-order valence-corrected chi connectivity index (χ3v) is 6.45. The van der Waals surface area contributed by atoms with Crippen LogP contribution < -0.4 is 0 Å². The maximum atomic E-state index is 10.6. The molecule has 0 amide bonds. The Labute approximate surface area is 132 Å². The second-order valence-electron chi connectivity index (χ2n) is 7.31. The van der Waals surface area contributed by atoms with Gasteiger partial charge in [-0.2, -0.15) is 0 Å². The van der Waals surface area contributed by atoms with E-state index in [-0.39, 0.29) is 11.5 Å². The van der Waals surface area contributed by atoms with E-state index >= 15 is 0 Å². The molecule has 1 saturated carbocycles. The van der Waals surface area contributed by atoms with Gasteiger partial charge < -0.3 is 10.2 Å². The summed E-state index contributed by atoms with van der Waals surface area (Å²) in [6.45, 7) is 3.93. The summed E-state index contributed by atoms with van der Waals surface area (Å²) in [5, 5.41) is 20.3. The van der Waals surface area contributed by atoms with Crippen molar-refractivity contribution in [3.63, 3.8) is 0 Å². The first-order valence-corrected chi connectivity index (χ1v) is 8.45. The average molecular weight is 296 g/mol. The highest BCUT2D eigenvalue weighted by Gasteiger charge is 2.54. The van der Waals surface area contributed by atoms with Crippen molar-refractivity contribution in [2.75, 3.05) is 0 Å². The van der Waals surface area contributed by atoms with Crippen molar-refractivity contribution in [3.05, 3.63) is 54.1 Å². The Morgan fingerprint density at radius 2 is 2.14 bits per heavy atom. The topological polar surface area (TPSA) is 40.5 Å². The van der Waals surface area contributed by atoms with Crippen LogP contribution in [0.1, 0.15) is 42.7 Å². The Bertz CT molecular complexity index is 633. The van der Waals surface area contributed by atoms with Crippen LogP contribution in [-0.2, 0) is 6.42 Å². The predicted octanol–water partition coefficient (Wildman–Crippen LogP) is 3.94. The second-order valence-corrected chi connectivity index (χ2v) is 7.31. The number of aliphatic hydroxyl groups is 1. The standard InChI is InChI=1S/C20H24O2/c1-2-10-20-11-9-16-15-6-4-14(21)12-13(15)3-5-17(16)18(20)7-8-19(20)22/h2,4,6-8,12,16-19,21-22H,1,3,5,9-11H2/t16?,17?,18?,19?,20-/m0/s1. The van der Waals surface area contributed by atoms with E-state index in [1.807, 2.05) is 24.3 Å². The maximum absolute atomic E-state index is 10.6. The number of phenolic OH excluding ortho intramolecular Hbond substituents is 1. The molecule has 2 N–H and O–H groups in total. The molecule has 0 aromatic heterocycles. The number of phenols is 1. The van der Waals surface area contributed by atoms with Crippen LogP contribution in [0.4, 0.5) is 0 Å². The fourth-order valence-corrected chi connectivity index (χ4v) is 5.46. The highest BCUT2D eigenvalue weighted by molar-refractivity contribution is 5.41. The number of hydrogen-bond donors (Lipinski definition) is 2. The first kappa shape index (κ1) is 14.1. The van der Waals surface area contributed by atoms with Gasteiger partial charge in [0, 0.05) is 5.41 Å². The Morgan fingerprint density at radius 3 is 2.95 bits per heavy atom. The summed E-state index contributed by atoms with van der Waals surface area (Å²) in [5.74, 6) is 2.02. The summed E-state index contributed by atoms with van der Waals surface area (Å²) in [6, 6.07) is 5.89. The van der Waals surface area contributed by atoms with Crippen molar-refractivity contribution in [3.8, 4) is 5.75 Å². The Balaban J connectivity index is 1.72. The molecular weight excluding hydrogens is 272 g/mol. The molecule has 4 unspecified atom stereocenters. The monoisotopic (exact) mass is 296 g/mol. The zero-order valence-corrected chi connectivity index (χ0v) is 12.9. The van der Waals surface area contributed by atoms with Crippen LogP contribution in [0.3, 0.4) is 0 Å². The van der Waals surface area contributed by atoms with Gasteiger partial charge in [0.25, 0.3) is 0 Å². The number of aryl methyl sites for hydroxylation is 1. The summed E-state index contributed by atoms with van der Waals surface area (Å²) in [5.41, 5.74) is 2.73. The van der Waals surface area contributed by atoms with Gasteiger partial charge >= 0.3 is 0 Å². The molecule has 5 atom stereocenters. The molecule has 0 aliphatic heterocycles. The fraction of sp³-hybridized carbons (Fsp3) is 0.500. The number of hydrogen-bond acceptors (Lipinski definition) is 2. The number of allylic oxidation sites excluding steroid dienone is 2. The zero-order chi connectivity index (χ0) is 15.3. The third-order valence-electron chi connectivity index (χ3n) is 6.45. The average Bonchev–Trinajstić information content (AvgIpc) is 2.84. The lowest BCUT2D eigenvalue weighted by atomic mass is 9.53. The molecule has 2 heteroatoms. The van der Waals surface area contributed by atoms with Gasteiger partial charge in [-0.25, -0.2) is 0 Å². The predicted molar refractivity (Wildman–Crippen MR) is 87.8 cm³/mol. The summed E-state index contributed by atoms with van der Waals surface area (Å²) >= 11 is 0. The van der Waals surface area contributed by atoms with Crippen LogP contribution in [0.5, 0.6) is 5.75 Å². The van der Waals surface area contributed by atoms with Gasteiger partial charge in [-0.05, 0) is 73.1 Å². The molecule has 4 rings (SSSR count). The molecular formula is C20H24O2. The van der Waals surface area contributed by atoms with Gasteiger partial charge in [0.05, 0.1) is 6.10 Å². The molecule has 0 spiro atoms. The Hall–Kier alpha value is -1.54. The van der Waals surface area contributed by atoms with E-state index in [1.54, 1.807) is 0 Å². The van der Waals surface area contributed by atoms with Crippen LogP contribution in [-0.4, -0.2) is 16.3 Å². The summed E-state index contributed by atoms with van der Waals surface area (Å²) < 4.78 is 0. The van der Waals surface area contributed by atoms with Crippen molar-refractivity contribution < 1.29 is 10.2 Å². The fourth-order valence-electron chi connectivity index (χ4n) is 5.46. The normalized spacial score (nSPS) is 39.0. The maximum Gasteiger partial charge on any atom is 0.115 e. The molecule has 2 nitrogen and oxygen atoms in total. The van der Waals surface area contributed by atoms with Crippen molar-refractivity contribution in [2.45, 2.75) is 44.1 Å². The van der Waals surface area contributed by atoms with Gasteiger partial charge in [-0.3, -0.25) is 0 Å². The van der Waals surface area contributed by atoms with E-state index in [0.717, 1.165) is 32.1 Å². The molecule has 1 fully saturated rings. The van der Waals surface area contributed by atoms with E-state index in [1.165, 1.54) is 11.1 Å². The van der Waals surface area contributed by atoms with Crippen LogP contribution >= 0.6 is 0 Å². The summed E-state index contributed by atoms with van der Waals surface area (Å²) in [4.78, 5) is 0. The molecule has 3 aliphatic rings. The SMILES string of the molecule is C=CC[C@]12CCC3c4ccc(O)cc4CCC3C1C=CC2O. The van der Waals surface area contributed by atoms with Gasteiger partial charge in [0.15, 0.2) is 0 Å². The van der Waals surface area contributed by atoms with Crippen LogP contribution in [0, 0.1) is 17.3 Å². The largest absolute Gasteiger partial charge is 0.508 e. The van der Waals surface area contributed by atoms with Gasteiger partial charge in [-0.1, -0.05) is 24.3 Å². The van der Waals surface area contributed by atoms with E-state index < -0.39 is 0 Å². The van der Waals surface area contributed by atoms with Crippen LogP contribution in [0.15, 0.2) is 43.0 Å². The molecule has 0 bridgehead atoms. The van der Waals surface area contributed by atoms with Crippen LogP contribution in [0.2, 0.25) is 0 Å². The molecule has 1 aromatic carbocycles. The van der Waals surface area contributed by atoms with Gasteiger partial charge in [0.1, 0.15) is 5.75 Å². The van der Waals surface area contributed by atoms with E-state index in [9.17, 15) is 10.2 Å². The summed E-state index contributed by atoms with van der Waals surface area (Å²) in [6.07, 6.45) is 11.2. The minimum Gasteiger partial charge on any atom is -0.508 e. The first-order valence-electron chi connectivity index (χ1n) is 8.45. The lowest BCUT2D eigenvalue weighted by Crippen LogP contribution is -2.46. The quantitative estimate of drug-likeness (QED) is 0.812. The van der Waals surface area contributed by atoms with E-state index in [2.05, 4.69) is 18.7 Å². The first-order chi connectivity index (χ1) is 10.7. The molecule has 1 aromatic rings. The van der Waals surface area contributed by atoms with Crippen molar-refractivity contribution >= 4 is 0 Å². The highest BCUT2D eigenvalue weighted by Crippen LogP contribution is 2.60. The van der Waals surface area contributed by atoms with Gasteiger partial charge in [-0.15, -0.1) is 6.58 Å². The van der Waals surface area contributed by atoms with E-state index in [0.29, 0.717) is 23.5 Å². The molecule has 3 aliphatic carbocycles. The number of benzene rings is 1. The molecule has 22 heavy (non-hydrogen) atoms. The Kier molecular flexibility index (Phi) is 3.19. The molecule has 0 radical (unpaired) electrons. The van der Waals surface area contributed by atoms with Crippen molar-refractivity contribution in [2.24, 2.45) is 17.3 Å².